The quantitative estimate of drug-likeness (QED) is 0.616. The summed E-state index contributed by atoms with van der Waals surface area (Å²) >= 11 is 5.96. The van der Waals surface area contributed by atoms with E-state index < -0.39 is 0 Å². The summed E-state index contributed by atoms with van der Waals surface area (Å²) < 4.78 is 5.54. The Bertz CT molecular complexity index is 1060. The fraction of sp³-hybridized carbons (Fsp3) is 0.292. The molecule has 2 heterocycles. The van der Waals surface area contributed by atoms with Gasteiger partial charge in [-0.25, -0.2) is 4.98 Å². The van der Waals surface area contributed by atoms with Crippen molar-refractivity contribution in [1.29, 1.82) is 0 Å². The minimum Gasteiger partial charge on any atom is -0.444 e. The van der Waals surface area contributed by atoms with Crippen LogP contribution < -0.4 is 5.32 Å². The molecule has 0 radical (unpaired) electrons. The van der Waals surface area contributed by atoms with Gasteiger partial charge in [0, 0.05) is 30.2 Å². The molecular formula is C24H24ClN3O3. The lowest BCUT2D eigenvalue weighted by molar-refractivity contribution is -0.120. The second kappa shape index (κ2) is 9.79. The third-order valence-electron chi connectivity index (χ3n) is 5.31. The summed E-state index contributed by atoms with van der Waals surface area (Å²) in [5.41, 5.74) is 2.96. The molecule has 1 aliphatic heterocycles. The van der Waals surface area contributed by atoms with Crippen molar-refractivity contribution in [2.75, 3.05) is 13.1 Å². The largest absolute Gasteiger partial charge is 0.444 e. The predicted octanol–water partition coefficient (Wildman–Crippen LogP) is 4.48. The molecule has 0 spiro atoms. The number of amides is 2. The van der Waals surface area contributed by atoms with Crippen LogP contribution in [0.5, 0.6) is 0 Å². The predicted molar refractivity (Wildman–Crippen MR) is 119 cm³/mol. The number of aromatic nitrogens is 1. The lowest BCUT2D eigenvalue weighted by atomic mass is 10.1. The third kappa shape index (κ3) is 5.52. The van der Waals surface area contributed by atoms with Crippen LogP contribution in [0, 0.1) is 0 Å². The molecule has 7 heteroatoms. The molecule has 31 heavy (non-hydrogen) atoms. The third-order valence-corrected chi connectivity index (χ3v) is 5.55. The van der Waals surface area contributed by atoms with Crippen molar-refractivity contribution >= 4 is 23.4 Å². The minimum atomic E-state index is -0.0752. The van der Waals surface area contributed by atoms with Crippen molar-refractivity contribution in [2.24, 2.45) is 0 Å². The van der Waals surface area contributed by atoms with E-state index in [1.165, 1.54) is 12.7 Å². The summed E-state index contributed by atoms with van der Waals surface area (Å²) in [7, 11) is 0. The molecule has 2 aromatic carbocycles. The molecular weight excluding hydrogens is 414 g/mol. The summed E-state index contributed by atoms with van der Waals surface area (Å²) in [6.45, 7) is 1.97. The summed E-state index contributed by atoms with van der Waals surface area (Å²) in [6, 6.07) is 14.8. The first-order valence-corrected chi connectivity index (χ1v) is 10.8. The van der Waals surface area contributed by atoms with E-state index in [1.54, 1.807) is 12.1 Å². The SMILES string of the molecule is O=C(Cc1cccc(Cl)c1)NCc1ccc(-c2nc(C(=O)N3CCCCC3)co2)cc1. The number of halogens is 1. The molecule has 4 rings (SSSR count). The van der Waals surface area contributed by atoms with Crippen molar-refractivity contribution in [1.82, 2.24) is 15.2 Å². The number of benzene rings is 2. The second-order valence-corrected chi connectivity index (χ2v) is 8.11. The van der Waals surface area contributed by atoms with E-state index >= 15 is 0 Å². The molecule has 3 aromatic rings. The highest BCUT2D eigenvalue weighted by atomic mass is 35.5. The van der Waals surface area contributed by atoms with Gasteiger partial charge in [-0.05, 0) is 54.7 Å². The molecule has 1 fully saturated rings. The molecule has 0 bridgehead atoms. The number of carbonyl (C=O) groups is 2. The topological polar surface area (TPSA) is 75.4 Å². The standard InChI is InChI=1S/C24H24ClN3O3/c25-20-6-4-5-18(13-20)14-22(29)26-15-17-7-9-19(10-8-17)23-27-21(16-31-23)24(30)28-11-2-1-3-12-28/h4-10,13,16H,1-3,11-12,14-15H2,(H,26,29). The van der Waals surface area contributed by atoms with Crippen LogP contribution in [-0.2, 0) is 17.8 Å². The monoisotopic (exact) mass is 437 g/mol. The first-order chi connectivity index (χ1) is 15.1. The lowest BCUT2D eigenvalue weighted by Gasteiger charge is -2.25. The Balaban J connectivity index is 1.32. The van der Waals surface area contributed by atoms with Gasteiger partial charge in [-0.15, -0.1) is 0 Å². The van der Waals surface area contributed by atoms with Gasteiger partial charge in [0.05, 0.1) is 6.42 Å². The average Bonchev–Trinajstić information content (AvgIpc) is 3.28. The molecule has 0 aliphatic carbocycles. The van der Waals surface area contributed by atoms with E-state index in [1.807, 2.05) is 41.3 Å². The number of nitrogens with one attached hydrogen (secondary N) is 1. The Morgan fingerprint density at radius 3 is 2.55 bits per heavy atom. The molecule has 0 saturated carbocycles. The van der Waals surface area contributed by atoms with Gasteiger partial charge in [0.1, 0.15) is 6.26 Å². The highest BCUT2D eigenvalue weighted by Crippen LogP contribution is 2.21. The summed E-state index contributed by atoms with van der Waals surface area (Å²) in [5.74, 6) is 0.269. The van der Waals surface area contributed by atoms with Crippen LogP contribution >= 0.6 is 11.6 Å². The van der Waals surface area contributed by atoms with Crippen LogP contribution in [0.25, 0.3) is 11.5 Å². The Morgan fingerprint density at radius 1 is 1.03 bits per heavy atom. The molecule has 1 N–H and O–H groups in total. The van der Waals surface area contributed by atoms with Crippen LogP contribution in [0.2, 0.25) is 5.02 Å². The second-order valence-electron chi connectivity index (χ2n) is 7.67. The molecule has 1 aliphatic rings. The highest BCUT2D eigenvalue weighted by Gasteiger charge is 2.21. The molecule has 0 unspecified atom stereocenters. The molecule has 160 valence electrons. The fourth-order valence-corrected chi connectivity index (χ4v) is 3.84. The number of hydrogen-bond acceptors (Lipinski definition) is 4. The maximum absolute atomic E-state index is 12.6. The van der Waals surface area contributed by atoms with E-state index in [0.717, 1.165) is 42.6 Å². The summed E-state index contributed by atoms with van der Waals surface area (Å²) in [5, 5.41) is 3.53. The molecule has 6 nitrogen and oxygen atoms in total. The zero-order valence-corrected chi connectivity index (χ0v) is 17.9. The number of nitrogens with zero attached hydrogens (tertiary/aromatic N) is 2. The molecule has 1 saturated heterocycles. The van der Waals surface area contributed by atoms with Gasteiger partial charge in [-0.1, -0.05) is 35.9 Å². The van der Waals surface area contributed by atoms with E-state index in [4.69, 9.17) is 16.0 Å². The molecule has 1 aromatic heterocycles. The maximum Gasteiger partial charge on any atom is 0.275 e. The zero-order chi connectivity index (χ0) is 21.6. The number of carbonyl (C=O) groups excluding carboxylic acids is 2. The number of oxazole rings is 1. The van der Waals surface area contributed by atoms with E-state index in [0.29, 0.717) is 23.2 Å². The van der Waals surface area contributed by atoms with Crippen LogP contribution in [0.15, 0.2) is 59.2 Å². The van der Waals surface area contributed by atoms with Gasteiger partial charge in [0.2, 0.25) is 11.8 Å². The van der Waals surface area contributed by atoms with Crippen LogP contribution in [0.3, 0.4) is 0 Å². The maximum atomic E-state index is 12.6. The van der Waals surface area contributed by atoms with Gasteiger partial charge >= 0.3 is 0 Å². The highest BCUT2D eigenvalue weighted by molar-refractivity contribution is 6.30. The van der Waals surface area contributed by atoms with Gasteiger partial charge in [0.15, 0.2) is 5.69 Å². The minimum absolute atomic E-state index is 0.0695. The first kappa shape index (κ1) is 21.1. The Labute approximate surface area is 186 Å². The van der Waals surface area contributed by atoms with E-state index in [-0.39, 0.29) is 18.2 Å². The van der Waals surface area contributed by atoms with Crippen LogP contribution in [0.1, 0.15) is 40.9 Å². The molecule has 0 atom stereocenters. The average molecular weight is 438 g/mol. The van der Waals surface area contributed by atoms with Crippen molar-refractivity contribution in [3.8, 4) is 11.5 Å². The van der Waals surface area contributed by atoms with Crippen LogP contribution in [-0.4, -0.2) is 34.8 Å². The van der Waals surface area contributed by atoms with Crippen molar-refractivity contribution in [3.63, 3.8) is 0 Å². The van der Waals surface area contributed by atoms with Gasteiger partial charge < -0.3 is 14.6 Å². The normalized spacial score (nSPS) is 13.8. The lowest BCUT2D eigenvalue weighted by Crippen LogP contribution is -2.35. The Kier molecular flexibility index (Phi) is 6.67. The first-order valence-electron chi connectivity index (χ1n) is 10.4. The smallest absolute Gasteiger partial charge is 0.275 e. The van der Waals surface area contributed by atoms with Gasteiger partial charge in [-0.3, -0.25) is 9.59 Å². The van der Waals surface area contributed by atoms with Crippen molar-refractivity contribution in [3.05, 3.63) is 76.6 Å². The number of hydrogen-bond donors (Lipinski definition) is 1. The number of rotatable bonds is 6. The van der Waals surface area contributed by atoms with Gasteiger partial charge in [0.25, 0.3) is 5.91 Å². The van der Waals surface area contributed by atoms with Crippen molar-refractivity contribution < 1.29 is 14.0 Å². The zero-order valence-electron chi connectivity index (χ0n) is 17.1. The van der Waals surface area contributed by atoms with Crippen LogP contribution in [0.4, 0.5) is 0 Å². The summed E-state index contributed by atoms with van der Waals surface area (Å²) in [4.78, 5) is 30.9. The van der Waals surface area contributed by atoms with E-state index in [9.17, 15) is 9.59 Å². The Hall–Kier alpha value is -3.12. The van der Waals surface area contributed by atoms with Crippen molar-refractivity contribution in [2.45, 2.75) is 32.2 Å². The fourth-order valence-electron chi connectivity index (χ4n) is 3.62. The van der Waals surface area contributed by atoms with E-state index in [2.05, 4.69) is 10.3 Å². The Morgan fingerprint density at radius 2 is 1.81 bits per heavy atom. The number of piperidine rings is 1. The number of likely N-dealkylation sites (tertiary alicyclic amines) is 1. The van der Waals surface area contributed by atoms with Gasteiger partial charge in [-0.2, -0.15) is 0 Å². The molecule has 2 amide bonds. The summed E-state index contributed by atoms with van der Waals surface area (Å²) in [6.07, 6.45) is 4.95.